The Morgan fingerprint density at radius 3 is 2.88 bits per heavy atom. The summed E-state index contributed by atoms with van der Waals surface area (Å²) in [5.74, 6) is 0.665. The van der Waals surface area contributed by atoms with Crippen LogP contribution in [0, 0.1) is 0 Å². The third-order valence-electron chi connectivity index (χ3n) is 4.44. The van der Waals surface area contributed by atoms with Crippen LogP contribution in [0.15, 0.2) is 61.2 Å². The smallest absolute Gasteiger partial charge is 0.254 e. The third kappa shape index (κ3) is 3.18. The van der Waals surface area contributed by atoms with Crippen LogP contribution in [0.2, 0.25) is 0 Å². The predicted octanol–water partition coefficient (Wildman–Crippen LogP) is 3.30. The number of nitrogens with zero attached hydrogens (tertiary/aromatic N) is 3. The quantitative estimate of drug-likeness (QED) is 0.788. The van der Waals surface area contributed by atoms with E-state index in [9.17, 15) is 4.79 Å². The minimum atomic E-state index is -0.341. The summed E-state index contributed by atoms with van der Waals surface area (Å²) in [7, 11) is 0. The van der Waals surface area contributed by atoms with Crippen LogP contribution in [-0.4, -0.2) is 26.3 Å². The molecule has 3 heterocycles. The molecule has 0 aliphatic carbocycles. The van der Waals surface area contributed by atoms with Crippen LogP contribution >= 0.6 is 0 Å². The molecular formula is C20H20N4O2. The van der Waals surface area contributed by atoms with Crippen molar-refractivity contribution in [3.8, 4) is 11.4 Å². The van der Waals surface area contributed by atoms with Crippen LogP contribution in [0.25, 0.3) is 5.69 Å². The maximum atomic E-state index is 12.8. The van der Waals surface area contributed by atoms with Gasteiger partial charge in [0.2, 0.25) is 0 Å². The Balaban J connectivity index is 1.56. The van der Waals surface area contributed by atoms with Gasteiger partial charge in [0, 0.05) is 24.4 Å². The highest BCUT2D eigenvalue weighted by atomic mass is 16.5. The van der Waals surface area contributed by atoms with Gasteiger partial charge >= 0.3 is 0 Å². The monoisotopic (exact) mass is 348 g/mol. The van der Waals surface area contributed by atoms with Crippen molar-refractivity contribution in [3.63, 3.8) is 0 Å². The van der Waals surface area contributed by atoms with Gasteiger partial charge in [-0.25, -0.2) is 4.68 Å². The first-order valence-electron chi connectivity index (χ1n) is 8.56. The molecule has 1 aromatic carbocycles. The van der Waals surface area contributed by atoms with Gasteiger partial charge in [-0.1, -0.05) is 18.2 Å². The zero-order valence-electron chi connectivity index (χ0n) is 14.7. The van der Waals surface area contributed by atoms with Crippen LogP contribution in [0.1, 0.15) is 42.2 Å². The van der Waals surface area contributed by atoms with Crippen molar-refractivity contribution >= 4 is 5.91 Å². The molecule has 1 aliphatic rings. The van der Waals surface area contributed by atoms with E-state index >= 15 is 0 Å². The molecule has 1 amide bonds. The molecule has 0 saturated carbocycles. The number of aromatic nitrogens is 3. The minimum absolute atomic E-state index is 0.107. The first kappa shape index (κ1) is 16.3. The van der Waals surface area contributed by atoms with Crippen molar-refractivity contribution in [3.05, 3.63) is 72.3 Å². The molecule has 26 heavy (non-hydrogen) atoms. The molecule has 6 heteroatoms. The number of hydrogen-bond donors (Lipinski definition) is 1. The second-order valence-electron chi connectivity index (χ2n) is 7.01. The summed E-state index contributed by atoms with van der Waals surface area (Å²) in [6.45, 7) is 4.06. The van der Waals surface area contributed by atoms with Crippen molar-refractivity contribution in [1.29, 1.82) is 0 Å². The highest BCUT2D eigenvalue weighted by Crippen LogP contribution is 2.39. The molecule has 0 bridgehead atoms. The fraction of sp³-hybridized carbons (Fsp3) is 0.250. The first-order chi connectivity index (χ1) is 12.5. The van der Waals surface area contributed by atoms with Gasteiger partial charge in [0.1, 0.15) is 11.4 Å². The highest BCUT2D eigenvalue weighted by Gasteiger charge is 2.34. The molecule has 0 radical (unpaired) electrons. The Hall–Kier alpha value is -3.15. The summed E-state index contributed by atoms with van der Waals surface area (Å²) < 4.78 is 7.67. The number of pyridine rings is 1. The minimum Gasteiger partial charge on any atom is -0.487 e. The molecular weight excluding hydrogens is 328 g/mol. The second-order valence-corrected chi connectivity index (χ2v) is 7.01. The number of fused-ring (bicyclic) bond motifs is 1. The largest absolute Gasteiger partial charge is 0.487 e. The van der Waals surface area contributed by atoms with Crippen LogP contribution in [-0.2, 0) is 0 Å². The summed E-state index contributed by atoms with van der Waals surface area (Å²) in [4.78, 5) is 16.8. The van der Waals surface area contributed by atoms with E-state index in [0.717, 1.165) is 17.0 Å². The summed E-state index contributed by atoms with van der Waals surface area (Å²) >= 11 is 0. The van der Waals surface area contributed by atoms with Crippen molar-refractivity contribution in [1.82, 2.24) is 20.1 Å². The fourth-order valence-electron chi connectivity index (χ4n) is 3.24. The Kier molecular flexibility index (Phi) is 3.95. The molecule has 3 aromatic rings. The van der Waals surface area contributed by atoms with E-state index in [0.29, 0.717) is 12.0 Å². The Labute approximate surface area is 151 Å². The summed E-state index contributed by atoms with van der Waals surface area (Å²) in [6.07, 6.45) is 7.38. The molecule has 1 N–H and O–H groups in total. The number of ether oxygens (including phenoxy) is 1. The lowest BCUT2D eigenvalue weighted by Gasteiger charge is -2.37. The molecule has 0 saturated heterocycles. The third-order valence-corrected chi connectivity index (χ3v) is 4.44. The van der Waals surface area contributed by atoms with E-state index in [1.165, 1.54) is 0 Å². The molecule has 1 aliphatic heterocycles. The summed E-state index contributed by atoms with van der Waals surface area (Å²) in [5, 5.41) is 7.39. The van der Waals surface area contributed by atoms with Crippen molar-refractivity contribution < 1.29 is 9.53 Å². The van der Waals surface area contributed by atoms with Crippen molar-refractivity contribution in [2.24, 2.45) is 0 Å². The maximum absolute atomic E-state index is 12.8. The van der Waals surface area contributed by atoms with Gasteiger partial charge in [0.25, 0.3) is 5.91 Å². The van der Waals surface area contributed by atoms with Gasteiger partial charge in [-0.3, -0.25) is 9.78 Å². The number of carbonyl (C=O) groups excluding carboxylic acids is 1. The van der Waals surface area contributed by atoms with Crippen molar-refractivity contribution in [2.45, 2.75) is 31.9 Å². The number of para-hydroxylation sites is 1. The van der Waals surface area contributed by atoms with Crippen LogP contribution in [0.5, 0.6) is 5.75 Å². The Morgan fingerprint density at radius 1 is 1.23 bits per heavy atom. The van der Waals surface area contributed by atoms with Gasteiger partial charge in [-0.2, -0.15) is 5.10 Å². The van der Waals surface area contributed by atoms with Gasteiger partial charge in [-0.05, 0) is 32.0 Å². The van der Waals surface area contributed by atoms with E-state index < -0.39 is 0 Å². The average Bonchev–Trinajstić information content (AvgIpc) is 3.12. The van der Waals surface area contributed by atoms with Crippen LogP contribution < -0.4 is 10.1 Å². The number of carbonyl (C=O) groups is 1. The van der Waals surface area contributed by atoms with Crippen molar-refractivity contribution in [2.75, 3.05) is 0 Å². The standard InChI is InChI=1S/C20H20N4O2/c1-20(2)10-17(16-7-3-4-8-18(16)26-20)23-19(25)14-11-22-24(13-14)15-6-5-9-21-12-15/h3-9,11-13,17H,10H2,1-2H3,(H,23,25). The SMILES string of the molecule is CC1(C)CC(NC(=O)c2cnn(-c3cccnc3)c2)c2ccccc2O1. The molecule has 6 nitrogen and oxygen atoms in total. The molecule has 0 fully saturated rings. The molecule has 1 unspecified atom stereocenters. The number of nitrogens with one attached hydrogen (secondary N) is 1. The second kappa shape index (κ2) is 6.29. The zero-order chi connectivity index (χ0) is 18.1. The number of rotatable bonds is 3. The lowest BCUT2D eigenvalue weighted by molar-refractivity contribution is 0.0620. The van der Waals surface area contributed by atoms with Gasteiger partial charge in [-0.15, -0.1) is 0 Å². The summed E-state index contributed by atoms with van der Waals surface area (Å²) in [6, 6.07) is 11.4. The van der Waals surface area contributed by atoms with Crippen LogP contribution in [0.3, 0.4) is 0 Å². The number of hydrogen-bond acceptors (Lipinski definition) is 4. The molecule has 0 spiro atoms. The van der Waals surface area contributed by atoms with Gasteiger partial charge in [0.05, 0.1) is 29.7 Å². The Morgan fingerprint density at radius 2 is 2.08 bits per heavy atom. The maximum Gasteiger partial charge on any atom is 0.254 e. The number of benzene rings is 1. The lowest BCUT2D eigenvalue weighted by Crippen LogP contribution is -2.41. The van der Waals surface area contributed by atoms with Gasteiger partial charge < -0.3 is 10.1 Å². The average molecular weight is 348 g/mol. The first-order valence-corrected chi connectivity index (χ1v) is 8.56. The fourth-order valence-corrected chi connectivity index (χ4v) is 3.24. The molecule has 1 atom stereocenters. The number of amides is 1. The van der Waals surface area contributed by atoms with E-state index in [-0.39, 0.29) is 17.6 Å². The van der Waals surface area contributed by atoms with E-state index in [4.69, 9.17) is 4.74 Å². The van der Waals surface area contributed by atoms with E-state index in [2.05, 4.69) is 15.4 Å². The molecule has 4 rings (SSSR count). The van der Waals surface area contributed by atoms with Gasteiger partial charge in [0.15, 0.2) is 0 Å². The topological polar surface area (TPSA) is 69.0 Å². The summed E-state index contributed by atoms with van der Waals surface area (Å²) in [5.41, 5.74) is 1.98. The lowest BCUT2D eigenvalue weighted by atomic mass is 9.89. The van der Waals surface area contributed by atoms with E-state index in [1.807, 2.05) is 50.2 Å². The molecule has 2 aromatic heterocycles. The highest BCUT2D eigenvalue weighted by molar-refractivity contribution is 5.94. The van der Waals surface area contributed by atoms with Crippen LogP contribution in [0.4, 0.5) is 0 Å². The Bertz CT molecular complexity index is 934. The van der Waals surface area contributed by atoms with E-state index in [1.54, 1.807) is 29.5 Å². The zero-order valence-corrected chi connectivity index (χ0v) is 14.7. The normalized spacial score (nSPS) is 17.8. The molecule has 132 valence electrons. The predicted molar refractivity (Wildman–Crippen MR) is 97.3 cm³/mol.